The Morgan fingerprint density at radius 1 is 1.13 bits per heavy atom. The number of aliphatic carboxylic acids is 1. The normalized spacial score (nSPS) is 14.9. The van der Waals surface area contributed by atoms with Crippen molar-refractivity contribution in [3.05, 3.63) is 48.0 Å². The summed E-state index contributed by atoms with van der Waals surface area (Å²) in [6, 6.07) is 2.29. The molecule has 4 atom stereocenters. The molecule has 0 saturated heterocycles. The first kappa shape index (κ1) is 22.8. The molecule has 0 aliphatic carbocycles. The molecule has 4 unspecified atom stereocenters. The zero-order valence-corrected chi connectivity index (χ0v) is 16.3. The SMILES string of the molecule is CC(O)C(NC(=O)C(Cc1ccc(O)cc1)NC(=O)C(N)Cc1cnc[nH]1)C(=O)O. The van der Waals surface area contributed by atoms with Crippen molar-refractivity contribution in [3.8, 4) is 5.75 Å². The number of carbonyl (C=O) groups is 3. The van der Waals surface area contributed by atoms with Crippen LogP contribution in [-0.2, 0) is 27.2 Å². The van der Waals surface area contributed by atoms with Crippen LogP contribution in [0.2, 0.25) is 0 Å². The fourth-order valence-corrected chi connectivity index (χ4v) is 2.72. The molecule has 0 saturated carbocycles. The molecule has 0 fully saturated rings. The second kappa shape index (κ2) is 10.4. The number of amides is 2. The zero-order chi connectivity index (χ0) is 22.3. The van der Waals surface area contributed by atoms with E-state index in [1.807, 2.05) is 0 Å². The number of carbonyl (C=O) groups excluding carboxylic acids is 2. The van der Waals surface area contributed by atoms with Crippen molar-refractivity contribution in [3.63, 3.8) is 0 Å². The van der Waals surface area contributed by atoms with E-state index in [0.29, 0.717) is 11.3 Å². The number of aromatic nitrogens is 2. The fraction of sp³-hybridized carbons (Fsp3) is 0.368. The maximum atomic E-state index is 12.7. The first-order valence-corrected chi connectivity index (χ1v) is 9.19. The lowest BCUT2D eigenvalue weighted by Gasteiger charge is -2.24. The van der Waals surface area contributed by atoms with Gasteiger partial charge >= 0.3 is 5.97 Å². The Kier molecular flexibility index (Phi) is 7.90. The average molecular weight is 419 g/mol. The van der Waals surface area contributed by atoms with E-state index >= 15 is 0 Å². The average Bonchev–Trinajstić information content (AvgIpc) is 3.19. The first-order chi connectivity index (χ1) is 14.2. The predicted molar refractivity (Wildman–Crippen MR) is 105 cm³/mol. The van der Waals surface area contributed by atoms with E-state index in [-0.39, 0.29) is 18.6 Å². The van der Waals surface area contributed by atoms with Crippen LogP contribution < -0.4 is 16.4 Å². The summed E-state index contributed by atoms with van der Waals surface area (Å²) in [7, 11) is 0. The number of carboxylic acids is 1. The zero-order valence-electron chi connectivity index (χ0n) is 16.3. The van der Waals surface area contributed by atoms with Crippen LogP contribution in [0, 0.1) is 0 Å². The summed E-state index contributed by atoms with van der Waals surface area (Å²) in [6.45, 7) is 1.23. The highest BCUT2D eigenvalue weighted by molar-refractivity contribution is 5.92. The molecule has 2 rings (SSSR count). The highest BCUT2D eigenvalue weighted by atomic mass is 16.4. The Labute approximate surface area is 172 Å². The van der Waals surface area contributed by atoms with Crippen molar-refractivity contribution in [2.45, 2.75) is 44.0 Å². The smallest absolute Gasteiger partial charge is 0.328 e. The maximum absolute atomic E-state index is 12.7. The summed E-state index contributed by atoms with van der Waals surface area (Å²) < 4.78 is 0. The van der Waals surface area contributed by atoms with Crippen LogP contribution in [0.25, 0.3) is 0 Å². The molecule has 2 amide bonds. The number of hydrogen-bond donors (Lipinski definition) is 7. The Hall–Kier alpha value is -3.44. The summed E-state index contributed by atoms with van der Waals surface area (Å²) in [5.41, 5.74) is 7.16. The summed E-state index contributed by atoms with van der Waals surface area (Å²) in [4.78, 5) is 43.2. The quantitative estimate of drug-likeness (QED) is 0.246. The van der Waals surface area contributed by atoms with Crippen molar-refractivity contribution >= 4 is 17.8 Å². The monoisotopic (exact) mass is 419 g/mol. The van der Waals surface area contributed by atoms with Crippen molar-refractivity contribution in [1.82, 2.24) is 20.6 Å². The number of aromatic amines is 1. The molecule has 0 spiro atoms. The molecule has 162 valence electrons. The number of aliphatic hydroxyl groups excluding tert-OH is 1. The van der Waals surface area contributed by atoms with Crippen LogP contribution in [0.3, 0.4) is 0 Å². The van der Waals surface area contributed by atoms with Gasteiger partial charge in [-0.15, -0.1) is 0 Å². The van der Waals surface area contributed by atoms with Gasteiger partial charge in [0.05, 0.1) is 18.5 Å². The molecule has 1 heterocycles. The molecule has 0 aliphatic heterocycles. The summed E-state index contributed by atoms with van der Waals surface area (Å²) >= 11 is 0. The number of aliphatic hydroxyl groups is 1. The largest absolute Gasteiger partial charge is 0.508 e. The van der Waals surface area contributed by atoms with Gasteiger partial charge < -0.3 is 36.7 Å². The summed E-state index contributed by atoms with van der Waals surface area (Å²) in [5.74, 6) is -2.79. The lowest BCUT2D eigenvalue weighted by molar-refractivity contribution is -0.145. The van der Waals surface area contributed by atoms with E-state index in [1.165, 1.54) is 31.6 Å². The Balaban J connectivity index is 2.14. The van der Waals surface area contributed by atoms with Crippen molar-refractivity contribution in [2.24, 2.45) is 5.73 Å². The van der Waals surface area contributed by atoms with Gasteiger partial charge in [-0.2, -0.15) is 0 Å². The van der Waals surface area contributed by atoms with Crippen LogP contribution >= 0.6 is 0 Å². The first-order valence-electron chi connectivity index (χ1n) is 9.19. The van der Waals surface area contributed by atoms with Gasteiger partial charge in [-0.05, 0) is 24.6 Å². The van der Waals surface area contributed by atoms with Gasteiger partial charge in [-0.25, -0.2) is 9.78 Å². The number of aromatic hydroxyl groups is 1. The van der Waals surface area contributed by atoms with Crippen molar-refractivity contribution in [2.75, 3.05) is 0 Å². The summed E-state index contributed by atoms with van der Waals surface area (Å²) in [6.07, 6.45) is 1.79. The van der Waals surface area contributed by atoms with Crippen LogP contribution in [0.4, 0.5) is 0 Å². The van der Waals surface area contributed by atoms with Gasteiger partial charge in [0.2, 0.25) is 11.8 Å². The van der Waals surface area contributed by atoms with E-state index in [4.69, 9.17) is 5.73 Å². The molecule has 1 aromatic carbocycles. The van der Waals surface area contributed by atoms with Gasteiger partial charge in [-0.1, -0.05) is 12.1 Å². The third-order valence-corrected chi connectivity index (χ3v) is 4.39. The second-order valence-electron chi connectivity index (χ2n) is 6.88. The molecular weight excluding hydrogens is 394 g/mol. The van der Waals surface area contributed by atoms with E-state index < -0.39 is 42.0 Å². The number of benzene rings is 1. The highest BCUT2D eigenvalue weighted by Gasteiger charge is 2.30. The lowest BCUT2D eigenvalue weighted by Crippen LogP contribution is -2.57. The highest BCUT2D eigenvalue weighted by Crippen LogP contribution is 2.12. The predicted octanol–water partition coefficient (Wildman–Crippen LogP) is -1.34. The van der Waals surface area contributed by atoms with Crippen molar-refractivity contribution in [1.29, 1.82) is 0 Å². The van der Waals surface area contributed by atoms with Gasteiger partial charge in [0.15, 0.2) is 6.04 Å². The Morgan fingerprint density at radius 2 is 1.80 bits per heavy atom. The third kappa shape index (κ3) is 6.57. The van der Waals surface area contributed by atoms with E-state index in [1.54, 1.807) is 12.1 Å². The number of phenolic OH excluding ortho intramolecular Hbond substituents is 1. The molecule has 11 nitrogen and oxygen atoms in total. The number of carboxylic acid groups (broad SMARTS) is 1. The van der Waals surface area contributed by atoms with Crippen LogP contribution in [0.1, 0.15) is 18.2 Å². The van der Waals surface area contributed by atoms with Gasteiger partial charge in [0.25, 0.3) is 0 Å². The van der Waals surface area contributed by atoms with Crippen LogP contribution in [0.15, 0.2) is 36.8 Å². The van der Waals surface area contributed by atoms with Gasteiger partial charge in [-0.3, -0.25) is 9.59 Å². The molecular formula is C19H25N5O6. The number of nitrogens with zero attached hydrogens (tertiary/aromatic N) is 1. The third-order valence-electron chi connectivity index (χ3n) is 4.39. The number of nitrogens with one attached hydrogen (secondary N) is 3. The lowest BCUT2D eigenvalue weighted by atomic mass is 10.0. The minimum atomic E-state index is -1.55. The molecule has 0 bridgehead atoms. The fourth-order valence-electron chi connectivity index (χ4n) is 2.72. The molecule has 1 aromatic heterocycles. The molecule has 0 radical (unpaired) electrons. The maximum Gasteiger partial charge on any atom is 0.328 e. The molecule has 8 N–H and O–H groups in total. The number of nitrogens with two attached hydrogens (primary N) is 1. The number of rotatable bonds is 10. The minimum absolute atomic E-state index is 0.0147. The topological polar surface area (TPSA) is 191 Å². The van der Waals surface area contributed by atoms with E-state index in [0.717, 1.165) is 0 Å². The number of phenols is 1. The summed E-state index contributed by atoms with van der Waals surface area (Å²) in [5, 5.41) is 33.0. The Bertz CT molecular complexity index is 853. The van der Waals surface area contributed by atoms with Crippen LogP contribution in [-0.4, -0.2) is 67.3 Å². The standard InChI is InChI=1S/C19H25N5O6/c1-10(25)16(19(29)30)24-18(28)15(6-11-2-4-13(26)5-3-11)23-17(27)14(20)7-12-8-21-9-22-12/h2-5,8-10,14-16,25-26H,6-7,20H2,1H3,(H,21,22)(H,23,27)(H,24,28)(H,29,30). The van der Waals surface area contributed by atoms with Gasteiger partial charge in [0, 0.05) is 24.7 Å². The number of H-pyrrole nitrogens is 1. The number of hydrogen-bond acceptors (Lipinski definition) is 7. The molecule has 30 heavy (non-hydrogen) atoms. The Morgan fingerprint density at radius 3 is 2.33 bits per heavy atom. The second-order valence-corrected chi connectivity index (χ2v) is 6.88. The molecule has 2 aromatic rings. The number of imidazole rings is 1. The van der Waals surface area contributed by atoms with E-state index in [9.17, 15) is 29.7 Å². The molecule has 11 heteroatoms. The van der Waals surface area contributed by atoms with Gasteiger partial charge in [0.1, 0.15) is 11.8 Å². The molecule has 0 aliphatic rings. The van der Waals surface area contributed by atoms with Crippen molar-refractivity contribution < 1.29 is 29.7 Å². The van der Waals surface area contributed by atoms with E-state index in [2.05, 4.69) is 20.6 Å². The van der Waals surface area contributed by atoms with Crippen LogP contribution in [0.5, 0.6) is 5.75 Å². The minimum Gasteiger partial charge on any atom is -0.508 e.